The van der Waals surface area contributed by atoms with Gasteiger partial charge in [-0.1, -0.05) is 24.6 Å². The minimum atomic E-state index is -1.16. The SMILES string of the molecule is O=C([O-])CCSc1nc2ccc(NC(=O)C3CCCCC3C(=O)[O-])cc2s1. The number of amides is 1. The quantitative estimate of drug-likeness (QED) is 0.681. The van der Waals surface area contributed by atoms with Crippen LogP contribution in [0.5, 0.6) is 0 Å². The lowest BCUT2D eigenvalue weighted by atomic mass is 9.78. The number of nitrogens with one attached hydrogen (secondary N) is 1. The summed E-state index contributed by atoms with van der Waals surface area (Å²) in [5, 5.41) is 24.6. The molecule has 2 aromatic rings. The molecule has 1 heterocycles. The summed E-state index contributed by atoms with van der Waals surface area (Å²) >= 11 is 2.76. The minimum Gasteiger partial charge on any atom is -0.550 e. The maximum Gasteiger partial charge on any atom is 0.228 e. The second-order valence-corrected chi connectivity index (χ2v) is 8.81. The van der Waals surface area contributed by atoms with Gasteiger partial charge in [0.15, 0.2) is 4.34 Å². The van der Waals surface area contributed by atoms with Gasteiger partial charge in [0.05, 0.1) is 10.2 Å². The normalized spacial score (nSPS) is 19.7. The lowest BCUT2D eigenvalue weighted by Gasteiger charge is -2.31. The highest BCUT2D eigenvalue weighted by Crippen LogP contribution is 2.33. The standard InChI is InChI=1S/C18H20N2O5S2/c21-15(22)7-8-26-18-20-13-6-5-10(9-14(13)27-18)19-16(23)11-3-1-2-4-12(11)17(24)25/h5-6,9,11-12H,1-4,7-8H2,(H,19,23)(H,21,22)(H,24,25)/p-2. The van der Waals surface area contributed by atoms with Gasteiger partial charge in [0, 0.05) is 35.2 Å². The molecule has 0 aliphatic heterocycles. The Morgan fingerprint density at radius 2 is 1.93 bits per heavy atom. The Labute approximate surface area is 164 Å². The summed E-state index contributed by atoms with van der Waals surface area (Å²) in [6, 6.07) is 5.30. The number of thiazole rings is 1. The summed E-state index contributed by atoms with van der Waals surface area (Å²) in [5.41, 5.74) is 1.35. The third-order valence-electron chi connectivity index (χ3n) is 4.57. The third-order valence-corrected chi connectivity index (χ3v) is 6.74. The topological polar surface area (TPSA) is 122 Å². The Morgan fingerprint density at radius 3 is 2.63 bits per heavy atom. The van der Waals surface area contributed by atoms with Gasteiger partial charge in [-0.25, -0.2) is 4.98 Å². The van der Waals surface area contributed by atoms with E-state index in [0.717, 1.165) is 27.4 Å². The van der Waals surface area contributed by atoms with E-state index in [9.17, 15) is 24.6 Å². The van der Waals surface area contributed by atoms with Gasteiger partial charge in [-0.15, -0.1) is 11.3 Å². The van der Waals surface area contributed by atoms with Crippen molar-refractivity contribution in [2.24, 2.45) is 11.8 Å². The molecule has 1 aromatic carbocycles. The van der Waals surface area contributed by atoms with Gasteiger partial charge in [-0.2, -0.15) is 0 Å². The number of benzene rings is 1. The van der Waals surface area contributed by atoms with Gasteiger partial charge < -0.3 is 25.1 Å². The fraction of sp³-hybridized carbons (Fsp3) is 0.444. The predicted molar refractivity (Wildman–Crippen MR) is 99.1 cm³/mol. The van der Waals surface area contributed by atoms with Gasteiger partial charge >= 0.3 is 0 Å². The Bertz CT molecular complexity index is 867. The van der Waals surface area contributed by atoms with Crippen molar-refractivity contribution in [1.82, 2.24) is 4.98 Å². The molecule has 0 bridgehead atoms. The van der Waals surface area contributed by atoms with Gasteiger partial charge in [0.1, 0.15) is 0 Å². The number of hydrogen-bond acceptors (Lipinski definition) is 8. The van der Waals surface area contributed by atoms with Crippen molar-refractivity contribution in [1.29, 1.82) is 0 Å². The number of carbonyl (C=O) groups is 3. The maximum absolute atomic E-state index is 12.5. The number of fused-ring (bicyclic) bond motifs is 1. The Hall–Kier alpha value is -2.13. The summed E-state index contributed by atoms with van der Waals surface area (Å²) in [4.78, 5) is 38.7. The molecule has 7 nitrogen and oxygen atoms in total. The Morgan fingerprint density at radius 1 is 1.19 bits per heavy atom. The van der Waals surface area contributed by atoms with E-state index in [4.69, 9.17) is 0 Å². The largest absolute Gasteiger partial charge is 0.550 e. The highest BCUT2D eigenvalue weighted by molar-refractivity contribution is 8.01. The molecule has 1 saturated carbocycles. The molecule has 0 saturated heterocycles. The van der Waals surface area contributed by atoms with Crippen LogP contribution in [0, 0.1) is 11.8 Å². The molecule has 2 atom stereocenters. The van der Waals surface area contributed by atoms with Crippen molar-refractivity contribution in [3.05, 3.63) is 18.2 Å². The van der Waals surface area contributed by atoms with Crippen molar-refractivity contribution in [3.63, 3.8) is 0 Å². The molecule has 0 radical (unpaired) electrons. The van der Waals surface area contributed by atoms with E-state index in [1.54, 1.807) is 18.2 Å². The highest BCUT2D eigenvalue weighted by Gasteiger charge is 2.31. The van der Waals surface area contributed by atoms with E-state index in [0.29, 0.717) is 24.3 Å². The number of carbonyl (C=O) groups excluding carboxylic acids is 3. The zero-order valence-electron chi connectivity index (χ0n) is 14.4. The average molecular weight is 406 g/mol. The van der Waals surface area contributed by atoms with Gasteiger partial charge in [0.25, 0.3) is 0 Å². The van der Waals surface area contributed by atoms with Crippen LogP contribution in [0.1, 0.15) is 32.1 Å². The number of hydrogen-bond donors (Lipinski definition) is 1. The smallest absolute Gasteiger partial charge is 0.228 e. The van der Waals surface area contributed by atoms with E-state index < -0.39 is 23.8 Å². The number of anilines is 1. The minimum absolute atomic E-state index is 0.0388. The first-order chi connectivity index (χ1) is 12.9. The first-order valence-corrected chi connectivity index (χ1v) is 10.5. The second kappa shape index (κ2) is 8.71. The lowest BCUT2D eigenvalue weighted by Crippen LogP contribution is -2.42. The van der Waals surface area contributed by atoms with Crippen LogP contribution < -0.4 is 15.5 Å². The van der Waals surface area contributed by atoms with E-state index >= 15 is 0 Å². The number of nitrogens with zero attached hydrogens (tertiary/aromatic N) is 1. The second-order valence-electron chi connectivity index (χ2n) is 6.44. The molecule has 27 heavy (non-hydrogen) atoms. The van der Waals surface area contributed by atoms with Gasteiger partial charge in [0.2, 0.25) is 5.91 Å². The zero-order chi connectivity index (χ0) is 19.4. The van der Waals surface area contributed by atoms with E-state index in [2.05, 4.69) is 10.3 Å². The predicted octanol–water partition coefficient (Wildman–Crippen LogP) is 1.02. The molecule has 1 aromatic heterocycles. The van der Waals surface area contributed by atoms with Crippen molar-refractivity contribution in [2.75, 3.05) is 11.1 Å². The molecule has 1 N–H and O–H groups in total. The van der Waals surface area contributed by atoms with E-state index in [-0.39, 0.29) is 12.3 Å². The fourth-order valence-electron chi connectivity index (χ4n) is 3.23. The molecule has 1 aliphatic carbocycles. The number of carboxylic acids is 2. The van der Waals surface area contributed by atoms with Gasteiger partial charge in [-0.05, 0) is 37.5 Å². The van der Waals surface area contributed by atoms with Crippen molar-refractivity contribution >= 4 is 56.8 Å². The zero-order valence-corrected chi connectivity index (χ0v) is 16.1. The summed E-state index contributed by atoms with van der Waals surface area (Å²) in [7, 11) is 0. The first kappa shape index (κ1) is 19.6. The number of aliphatic carboxylic acids is 2. The summed E-state index contributed by atoms with van der Waals surface area (Å²) < 4.78 is 1.61. The van der Waals surface area contributed by atoms with Crippen molar-refractivity contribution < 1.29 is 24.6 Å². The molecule has 3 rings (SSSR count). The van der Waals surface area contributed by atoms with Crippen LogP contribution in [0.25, 0.3) is 10.2 Å². The summed E-state index contributed by atoms with van der Waals surface area (Å²) in [6.45, 7) is 0. The van der Waals surface area contributed by atoms with Crippen LogP contribution in [0.15, 0.2) is 22.5 Å². The molecular formula is C18H18N2O5S2-2. The molecular weight excluding hydrogens is 388 g/mol. The summed E-state index contributed by atoms with van der Waals surface area (Å²) in [6.07, 6.45) is 2.62. The van der Waals surface area contributed by atoms with Crippen LogP contribution in [-0.4, -0.2) is 28.6 Å². The highest BCUT2D eigenvalue weighted by atomic mass is 32.2. The Balaban J connectivity index is 1.68. The molecule has 0 spiro atoms. The molecule has 144 valence electrons. The maximum atomic E-state index is 12.5. The molecule has 9 heteroatoms. The molecule has 1 aliphatic rings. The van der Waals surface area contributed by atoms with Crippen molar-refractivity contribution in [3.8, 4) is 0 Å². The van der Waals surface area contributed by atoms with Crippen LogP contribution in [0.4, 0.5) is 5.69 Å². The summed E-state index contributed by atoms with van der Waals surface area (Å²) in [5.74, 6) is -3.47. The lowest BCUT2D eigenvalue weighted by molar-refractivity contribution is -0.314. The van der Waals surface area contributed by atoms with E-state index in [1.807, 2.05) is 0 Å². The Kier molecular flexibility index (Phi) is 6.33. The van der Waals surface area contributed by atoms with Crippen LogP contribution >= 0.6 is 23.1 Å². The van der Waals surface area contributed by atoms with Crippen LogP contribution in [0.2, 0.25) is 0 Å². The average Bonchev–Trinajstić information content (AvgIpc) is 3.03. The molecule has 1 amide bonds. The van der Waals surface area contributed by atoms with Crippen LogP contribution in [-0.2, 0) is 14.4 Å². The third kappa shape index (κ3) is 4.98. The van der Waals surface area contributed by atoms with Crippen molar-refractivity contribution in [2.45, 2.75) is 36.4 Å². The van der Waals surface area contributed by atoms with Crippen LogP contribution in [0.3, 0.4) is 0 Å². The monoisotopic (exact) mass is 406 g/mol. The number of carboxylic acid groups (broad SMARTS) is 2. The number of thioether (sulfide) groups is 1. The molecule has 2 unspecified atom stereocenters. The first-order valence-electron chi connectivity index (χ1n) is 8.69. The number of aromatic nitrogens is 1. The van der Waals surface area contributed by atoms with E-state index in [1.165, 1.54) is 23.1 Å². The molecule has 1 fully saturated rings. The van der Waals surface area contributed by atoms with Gasteiger partial charge in [-0.3, -0.25) is 4.79 Å². The number of rotatable bonds is 7. The fourth-order valence-corrected chi connectivity index (χ4v) is 5.32.